The zero-order valence-corrected chi connectivity index (χ0v) is 16.2. The van der Waals surface area contributed by atoms with Crippen LogP contribution in [0.4, 0.5) is 18.2 Å². The molecule has 0 aliphatic heterocycles. The van der Waals surface area contributed by atoms with Crippen LogP contribution in [0.1, 0.15) is 45.3 Å². The highest BCUT2D eigenvalue weighted by atomic mass is 32.1. The molecule has 0 saturated heterocycles. The van der Waals surface area contributed by atoms with Crippen molar-refractivity contribution in [1.29, 1.82) is 5.26 Å². The summed E-state index contributed by atoms with van der Waals surface area (Å²) >= 11 is 1.35. The van der Waals surface area contributed by atoms with Gasteiger partial charge in [0.05, 0.1) is 16.7 Å². The second-order valence-electron chi connectivity index (χ2n) is 6.87. The first-order valence-electron chi connectivity index (χ1n) is 8.88. The van der Waals surface area contributed by atoms with Crippen LogP contribution in [0.15, 0.2) is 24.3 Å². The molecule has 0 radical (unpaired) electrons. The highest BCUT2D eigenvalue weighted by Crippen LogP contribution is 2.39. The molecule has 2 aromatic rings. The van der Waals surface area contributed by atoms with Gasteiger partial charge in [-0.2, -0.15) is 18.4 Å². The lowest BCUT2D eigenvalue weighted by Crippen LogP contribution is -2.21. The second-order valence-corrected chi connectivity index (χ2v) is 7.97. The monoisotopic (exact) mass is 422 g/mol. The molecule has 5 nitrogen and oxygen atoms in total. The quantitative estimate of drug-likeness (QED) is 0.733. The molecule has 1 unspecified atom stereocenters. The van der Waals surface area contributed by atoms with Gasteiger partial charge in [-0.3, -0.25) is 4.79 Å². The van der Waals surface area contributed by atoms with E-state index in [1.165, 1.54) is 11.3 Å². The van der Waals surface area contributed by atoms with Crippen molar-refractivity contribution >= 4 is 28.2 Å². The summed E-state index contributed by atoms with van der Waals surface area (Å²) in [6.45, 7) is 1.53. The number of esters is 1. The molecular weight excluding hydrogens is 405 g/mol. The molecule has 1 aliphatic carbocycles. The van der Waals surface area contributed by atoms with Gasteiger partial charge in [-0.25, -0.2) is 4.79 Å². The third-order valence-corrected chi connectivity index (χ3v) is 5.83. The number of amides is 1. The van der Waals surface area contributed by atoms with Crippen molar-refractivity contribution in [3.05, 3.63) is 51.4 Å². The van der Waals surface area contributed by atoms with Gasteiger partial charge in [-0.15, -0.1) is 11.3 Å². The number of halogens is 3. The lowest BCUT2D eigenvalue weighted by molar-refractivity contribution is -0.137. The average Bonchev–Trinajstić information content (AvgIpc) is 3.01. The largest absolute Gasteiger partial charge is 0.452 e. The maximum atomic E-state index is 12.6. The number of alkyl halides is 3. The average molecular weight is 422 g/mol. The van der Waals surface area contributed by atoms with Crippen LogP contribution in [0.3, 0.4) is 0 Å². The van der Waals surface area contributed by atoms with Crippen molar-refractivity contribution in [1.82, 2.24) is 0 Å². The van der Waals surface area contributed by atoms with Gasteiger partial charge in [0.2, 0.25) is 0 Å². The fraction of sp³-hybridized carbons (Fsp3) is 0.350. The van der Waals surface area contributed by atoms with E-state index in [0.717, 1.165) is 54.0 Å². The summed E-state index contributed by atoms with van der Waals surface area (Å²) in [7, 11) is 0. The van der Waals surface area contributed by atoms with E-state index in [2.05, 4.69) is 18.3 Å². The molecule has 1 atom stereocenters. The summed E-state index contributed by atoms with van der Waals surface area (Å²) in [6.07, 6.45) is -1.88. The first kappa shape index (κ1) is 20.9. The first-order chi connectivity index (χ1) is 13.7. The summed E-state index contributed by atoms with van der Waals surface area (Å²) in [6, 6.07) is 5.65. The number of rotatable bonds is 4. The van der Waals surface area contributed by atoms with Crippen molar-refractivity contribution < 1.29 is 27.5 Å². The fourth-order valence-electron chi connectivity index (χ4n) is 3.13. The number of ether oxygens (including phenoxy) is 1. The van der Waals surface area contributed by atoms with Crippen LogP contribution in [-0.4, -0.2) is 18.5 Å². The van der Waals surface area contributed by atoms with Gasteiger partial charge < -0.3 is 10.1 Å². The number of nitrogens with one attached hydrogen (secondary N) is 1. The Hall–Kier alpha value is -2.86. The fourth-order valence-corrected chi connectivity index (χ4v) is 4.51. The molecular formula is C20H17F3N2O3S. The third kappa shape index (κ3) is 4.77. The molecule has 0 fully saturated rings. The van der Waals surface area contributed by atoms with E-state index in [-0.39, 0.29) is 5.56 Å². The van der Waals surface area contributed by atoms with Gasteiger partial charge in [-0.05, 0) is 55.0 Å². The number of carbonyl (C=O) groups is 2. The van der Waals surface area contributed by atoms with E-state index in [1.54, 1.807) is 0 Å². The molecule has 152 valence electrons. The number of hydrogen-bond donors (Lipinski definition) is 1. The van der Waals surface area contributed by atoms with Crippen LogP contribution in [-0.2, 0) is 28.5 Å². The third-order valence-electron chi connectivity index (χ3n) is 4.66. The predicted molar refractivity (Wildman–Crippen MR) is 101 cm³/mol. The number of anilines is 1. The van der Waals surface area contributed by atoms with Crippen molar-refractivity contribution in [2.45, 2.75) is 32.4 Å². The minimum atomic E-state index is -4.50. The maximum absolute atomic E-state index is 12.6. The number of thiophene rings is 1. The van der Waals surface area contributed by atoms with Gasteiger partial charge in [0.25, 0.3) is 5.91 Å². The van der Waals surface area contributed by atoms with Crippen LogP contribution in [0, 0.1) is 17.2 Å². The molecule has 0 saturated carbocycles. The smallest absolute Gasteiger partial charge is 0.416 e. The molecule has 1 aliphatic rings. The highest BCUT2D eigenvalue weighted by Gasteiger charge is 2.30. The maximum Gasteiger partial charge on any atom is 0.416 e. The van der Waals surface area contributed by atoms with Gasteiger partial charge in [0, 0.05) is 4.88 Å². The van der Waals surface area contributed by atoms with Gasteiger partial charge in [0.15, 0.2) is 6.61 Å². The van der Waals surface area contributed by atoms with E-state index >= 15 is 0 Å². The van der Waals surface area contributed by atoms with Crippen LogP contribution in [0.2, 0.25) is 0 Å². The summed E-state index contributed by atoms with van der Waals surface area (Å²) in [5.74, 6) is -1.01. The van der Waals surface area contributed by atoms with Crippen LogP contribution >= 0.6 is 11.3 Å². The predicted octanol–water partition coefficient (Wildman–Crippen LogP) is 4.56. The Morgan fingerprint density at radius 2 is 2.00 bits per heavy atom. The summed E-state index contributed by atoms with van der Waals surface area (Å²) < 4.78 is 42.5. The number of carbonyl (C=O) groups excluding carboxylic acids is 2. The minimum absolute atomic E-state index is 0.0934. The number of benzene rings is 1. The molecule has 1 N–H and O–H groups in total. The van der Waals surface area contributed by atoms with Crippen molar-refractivity contribution in [3.8, 4) is 6.07 Å². The summed E-state index contributed by atoms with van der Waals surface area (Å²) in [5.41, 5.74) is 0.433. The Labute approximate surface area is 169 Å². The van der Waals surface area contributed by atoms with Crippen LogP contribution < -0.4 is 5.32 Å². The van der Waals surface area contributed by atoms with E-state index in [0.29, 0.717) is 16.5 Å². The minimum Gasteiger partial charge on any atom is -0.452 e. The normalized spacial score (nSPS) is 15.9. The number of nitriles is 1. The zero-order valence-electron chi connectivity index (χ0n) is 15.4. The van der Waals surface area contributed by atoms with Gasteiger partial charge in [0.1, 0.15) is 11.1 Å². The van der Waals surface area contributed by atoms with Crippen LogP contribution in [0.25, 0.3) is 0 Å². The highest BCUT2D eigenvalue weighted by molar-refractivity contribution is 7.16. The van der Waals surface area contributed by atoms with Gasteiger partial charge in [-0.1, -0.05) is 6.92 Å². The summed E-state index contributed by atoms with van der Waals surface area (Å²) in [4.78, 5) is 25.2. The Kier molecular flexibility index (Phi) is 5.94. The van der Waals surface area contributed by atoms with E-state index in [9.17, 15) is 28.0 Å². The molecule has 0 bridgehead atoms. The Bertz CT molecular complexity index is 975. The molecule has 1 heterocycles. The van der Waals surface area contributed by atoms with Crippen LogP contribution in [0.5, 0.6) is 0 Å². The Morgan fingerprint density at radius 1 is 1.31 bits per heavy atom. The Morgan fingerprint density at radius 3 is 2.62 bits per heavy atom. The van der Waals surface area contributed by atoms with Crippen molar-refractivity contribution in [2.75, 3.05) is 11.9 Å². The number of fused-ring (bicyclic) bond motifs is 1. The first-order valence-corrected chi connectivity index (χ1v) is 9.69. The molecule has 29 heavy (non-hydrogen) atoms. The molecule has 0 spiro atoms. The molecule has 1 aromatic heterocycles. The van der Waals surface area contributed by atoms with E-state index < -0.39 is 30.2 Å². The molecule has 3 rings (SSSR count). The molecule has 1 amide bonds. The van der Waals surface area contributed by atoms with E-state index in [4.69, 9.17) is 4.74 Å². The standard InChI is InChI=1S/C20H17F3N2O3S/c1-11-2-7-14-15(9-24)18(29-16(14)8-11)25-17(26)10-28-19(27)12-3-5-13(6-4-12)20(21,22)23/h3-6,11H,2,7-8,10H2,1H3,(H,25,26). The topological polar surface area (TPSA) is 79.2 Å². The number of nitrogens with zero attached hydrogens (tertiary/aromatic N) is 1. The zero-order chi connectivity index (χ0) is 21.2. The Balaban J connectivity index is 1.60. The molecule has 9 heteroatoms. The lowest BCUT2D eigenvalue weighted by atomic mass is 9.89. The number of hydrogen-bond acceptors (Lipinski definition) is 5. The lowest BCUT2D eigenvalue weighted by Gasteiger charge is -2.17. The van der Waals surface area contributed by atoms with Gasteiger partial charge >= 0.3 is 12.1 Å². The summed E-state index contributed by atoms with van der Waals surface area (Å²) in [5, 5.41) is 12.5. The SMILES string of the molecule is CC1CCc2c(sc(NC(=O)COC(=O)c3ccc(C(F)(F)F)cc3)c2C#N)C1. The molecule has 1 aromatic carbocycles. The second kappa shape index (κ2) is 8.25. The van der Waals surface area contributed by atoms with Crippen molar-refractivity contribution in [2.24, 2.45) is 5.92 Å². The van der Waals surface area contributed by atoms with Crippen molar-refractivity contribution in [3.63, 3.8) is 0 Å². The van der Waals surface area contributed by atoms with E-state index in [1.807, 2.05) is 0 Å².